The third-order valence-electron chi connectivity index (χ3n) is 1.71. The number of aromatic nitrogens is 2. The lowest BCUT2D eigenvalue weighted by Crippen LogP contribution is -1.85. The van der Waals surface area contributed by atoms with E-state index in [-0.39, 0.29) is 5.82 Å². The number of benzene rings is 1. The number of rotatable bonds is 2. The van der Waals surface area contributed by atoms with E-state index in [0.717, 1.165) is 11.3 Å². The smallest absolute Gasteiger partial charge is 0.123 e. The number of nitrogens with one attached hydrogen (secondary N) is 1. The van der Waals surface area contributed by atoms with Crippen LogP contribution in [0.5, 0.6) is 0 Å². The first-order valence-electron chi connectivity index (χ1n) is 3.95. The van der Waals surface area contributed by atoms with E-state index >= 15 is 0 Å². The van der Waals surface area contributed by atoms with Crippen molar-refractivity contribution in [2.24, 2.45) is 0 Å². The van der Waals surface area contributed by atoms with Crippen molar-refractivity contribution in [3.63, 3.8) is 0 Å². The summed E-state index contributed by atoms with van der Waals surface area (Å²) in [6.07, 6.45) is 3.62. The molecule has 2 rings (SSSR count). The monoisotopic (exact) mass is 175 g/mol. The van der Waals surface area contributed by atoms with Gasteiger partial charge in [-0.3, -0.25) is 5.10 Å². The Morgan fingerprint density at radius 2 is 1.92 bits per heavy atom. The van der Waals surface area contributed by atoms with Crippen LogP contribution in [0.4, 0.5) is 4.39 Å². The van der Waals surface area contributed by atoms with E-state index in [1.165, 1.54) is 12.1 Å². The van der Waals surface area contributed by atoms with Crippen LogP contribution in [0.3, 0.4) is 0 Å². The Hall–Kier alpha value is -1.64. The molecule has 65 valence electrons. The van der Waals surface area contributed by atoms with Crippen LogP contribution in [0.15, 0.2) is 36.5 Å². The van der Waals surface area contributed by atoms with E-state index in [1.807, 2.05) is 12.5 Å². The molecule has 1 radical (unpaired) electrons. The van der Waals surface area contributed by atoms with Crippen molar-refractivity contribution < 1.29 is 4.39 Å². The van der Waals surface area contributed by atoms with Crippen LogP contribution in [0.1, 0.15) is 11.3 Å². The van der Waals surface area contributed by atoms with E-state index in [4.69, 9.17) is 0 Å². The molecule has 0 fully saturated rings. The van der Waals surface area contributed by atoms with E-state index in [9.17, 15) is 4.39 Å². The van der Waals surface area contributed by atoms with Gasteiger partial charge >= 0.3 is 0 Å². The van der Waals surface area contributed by atoms with Gasteiger partial charge in [0.1, 0.15) is 5.82 Å². The van der Waals surface area contributed by atoms with Crippen LogP contribution in [0.25, 0.3) is 0 Å². The standard InChI is InChI=1S/C10H8FN2/c11-9-3-1-8(2-4-9)7-10-5-6-12-13-10/h1-7H,(H,12,13). The van der Waals surface area contributed by atoms with Gasteiger partial charge in [-0.2, -0.15) is 5.10 Å². The SMILES string of the molecule is Fc1ccc([CH]c2cc[nH]n2)cc1. The van der Waals surface area contributed by atoms with Gasteiger partial charge in [0.05, 0.1) is 5.69 Å². The molecule has 0 aliphatic rings. The predicted octanol–water partition coefficient (Wildman–Crippen LogP) is 2.15. The van der Waals surface area contributed by atoms with Crippen molar-refractivity contribution >= 4 is 0 Å². The minimum atomic E-state index is -0.223. The van der Waals surface area contributed by atoms with Gasteiger partial charge in [-0.15, -0.1) is 0 Å². The molecule has 0 amide bonds. The molecule has 0 aliphatic heterocycles. The first-order valence-corrected chi connectivity index (χ1v) is 3.95. The number of hydrogen-bond donors (Lipinski definition) is 1. The zero-order valence-corrected chi connectivity index (χ0v) is 6.87. The molecular formula is C10H8FN2. The summed E-state index contributed by atoms with van der Waals surface area (Å²) in [5.74, 6) is -0.223. The summed E-state index contributed by atoms with van der Waals surface area (Å²) in [5.41, 5.74) is 1.78. The number of hydrogen-bond acceptors (Lipinski definition) is 1. The summed E-state index contributed by atoms with van der Waals surface area (Å²) in [5, 5.41) is 6.67. The van der Waals surface area contributed by atoms with Crippen molar-refractivity contribution in [1.82, 2.24) is 10.2 Å². The Labute approximate surface area is 75.4 Å². The molecule has 2 nitrogen and oxygen atoms in total. The minimum Gasteiger partial charge on any atom is -0.285 e. The number of aromatic amines is 1. The van der Waals surface area contributed by atoms with Gasteiger partial charge in [0.25, 0.3) is 0 Å². The van der Waals surface area contributed by atoms with Gasteiger partial charge in [-0.05, 0) is 23.8 Å². The zero-order valence-electron chi connectivity index (χ0n) is 6.87. The molecule has 1 heterocycles. The van der Waals surface area contributed by atoms with E-state index < -0.39 is 0 Å². The second-order valence-corrected chi connectivity index (χ2v) is 2.69. The van der Waals surface area contributed by atoms with Crippen LogP contribution in [0, 0.1) is 12.2 Å². The lowest BCUT2D eigenvalue weighted by Gasteiger charge is -1.96. The molecule has 1 N–H and O–H groups in total. The summed E-state index contributed by atoms with van der Waals surface area (Å²) in [7, 11) is 0. The molecule has 3 heteroatoms. The summed E-state index contributed by atoms with van der Waals surface area (Å²) in [6, 6.07) is 8.13. The maximum atomic E-state index is 12.5. The molecule has 1 aromatic carbocycles. The van der Waals surface area contributed by atoms with Gasteiger partial charge < -0.3 is 0 Å². The van der Waals surface area contributed by atoms with Crippen LogP contribution in [-0.2, 0) is 0 Å². The molecule has 2 aromatic rings. The van der Waals surface area contributed by atoms with E-state index in [2.05, 4.69) is 10.2 Å². The van der Waals surface area contributed by atoms with Crippen molar-refractivity contribution in [1.29, 1.82) is 0 Å². The fraction of sp³-hybridized carbons (Fsp3) is 0. The van der Waals surface area contributed by atoms with Crippen molar-refractivity contribution in [2.45, 2.75) is 0 Å². The Morgan fingerprint density at radius 3 is 2.54 bits per heavy atom. The summed E-state index contributed by atoms with van der Waals surface area (Å²) >= 11 is 0. The lowest BCUT2D eigenvalue weighted by molar-refractivity contribution is 0.627. The van der Waals surface area contributed by atoms with Gasteiger partial charge in [0.15, 0.2) is 0 Å². The summed E-state index contributed by atoms with van der Waals surface area (Å²) < 4.78 is 12.5. The molecule has 1 aromatic heterocycles. The Morgan fingerprint density at radius 1 is 1.15 bits per heavy atom. The molecule has 0 bridgehead atoms. The van der Waals surface area contributed by atoms with E-state index in [1.54, 1.807) is 18.3 Å². The summed E-state index contributed by atoms with van der Waals surface area (Å²) in [4.78, 5) is 0. The average molecular weight is 175 g/mol. The molecule has 13 heavy (non-hydrogen) atoms. The van der Waals surface area contributed by atoms with Gasteiger partial charge in [0, 0.05) is 12.6 Å². The number of H-pyrrole nitrogens is 1. The molecule has 0 saturated carbocycles. The summed E-state index contributed by atoms with van der Waals surface area (Å²) in [6.45, 7) is 0. The van der Waals surface area contributed by atoms with Crippen LogP contribution >= 0.6 is 0 Å². The normalized spacial score (nSPS) is 10.2. The second kappa shape index (κ2) is 3.39. The third kappa shape index (κ3) is 1.93. The van der Waals surface area contributed by atoms with E-state index in [0.29, 0.717) is 0 Å². The quantitative estimate of drug-likeness (QED) is 0.744. The lowest BCUT2D eigenvalue weighted by atomic mass is 10.1. The topological polar surface area (TPSA) is 28.7 Å². The van der Waals surface area contributed by atoms with Crippen LogP contribution in [-0.4, -0.2) is 10.2 Å². The minimum absolute atomic E-state index is 0.223. The average Bonchev–Trinajstić information content (AvgIpc) is 2.62. The maximum absolute atomic E-state index is 12.5. The highest BCUT2D eigenvalue weighted by atomic mass is 19.1. The highest BCUT2D eigenvalue weighted by Crippen LogP contribution is 2.09. The van der Waals surface area contributed by atoms with Crippen LogP contribution in [0.2, 0.25) is 0 Å². The largest absolute Gasteiger partial charge is 0.285 e. The Kier molecular flexibility index (Phi) is 2.08. The fourth-order valence-electron chi connectivity index (χ4n) is 1.08. The number of nitrogens with zero attached hydrogens (tertiary/aromatic N) is 1. The van der Waals surface area contributed by atoms with Gasteiger partial charge in [-0.1, -0.05) is 12.1 Å². The molecule has 0 spiro atoms. The van der Waals surface area contributed by atoms with Gasteiger partial charge in [-0.25, -0.2) is 4.39 Å². The first kappa shape index (κ1) is 7.98. The Balaban J connectivity index is 2.15. The molecule has 0 atom stereocenters. The molecule has 0 saturated heterocycles. The Bertz CT molecular complexity index is 364. The zero-order chi connectivity index (χ0) is 9.10. The molecular weight excluding hydrogens is 167 g/mol. The predicted molar refractivity (Wildman–Crippen MR) is 47.5 cm³/mol. The maximum Gasteiger partial charge on any atom is 0.123 e. The van der Waals surface area contributed by atoms with Gasteiger partial charge in [0.2, 0.25) is 0 Å². The van der Waals surface area contributed by atoms with Crippen molar-refractivity contribution in [2.75, 3.05) is 0 Å². The van der Waals surface area contributed by atoms with Crippen molar-refractivity contribution in [3.05, 3.63) is 60.0 Å². The third-order valence-corrected chi connectivity index (χ3v) is 1.71. The number of halogens is 1. The highest BCUT2D eigenvalue weighted by molar-refractivity contribution is 5.32. The molecule has 0 aliphatic carbocycles. The van der Waals surface area contributed by atoms with Crippen LogP contribution < -0.4 is 0 Å². The first-order chi connectivity index (χ1) is 6.34. The van der Waals surface area contributed by atoms with Crippen molar-refractivity contribution in [3.8, 4) is 0 Å². The fourth-order valence-corrected chi connectivity index (χ4v) is 1.08. The highest BCUT2D eigenvalue weighted by Gasteiger charge is 1.98. The second-order valence-electron chi connectivity index (χ2n) is 2.69. The molecule has 0 unspecified atom stereocenters.